The number of rotatable bonds is 3. The number of hydrogen-bond acceptors (Lipinski definition) is 3. The van der Waals surface area contributed by atoms with Crippen molar-refractivity contribution < 1.29 is 4.79 Å². The largest absolute Gasteiger partial charge is 0.348 e. The molecule has 2 rings (SSSR count). The van der Waals surface area contributed by atoms with Gasteiger partial charge in [-0.15, -0.1) is 0 Å². The normalized spacial score (nSPS) is 20.3. The molecule has 4 N–H and O–H groups in total. The van der Waals surface area contributed by atoms with Gasteiger partial charge in [0.05, 0.1) is 11.3 Å². The lowest BCUT2D eigenvalue weighted by molar-refractivity contribution is 0.0944. The van der Waals surface area contributed by atoms with E-state index in [0.717, 1.165) is 0 Å². The van der Waals surface area contributed by atoms with Gasteiger partial charge >= 0.3 is 0 Å². The fourth-order valence-corrected chi connectivity index (χ4v) is 2.57. The molecule has 1 aromatic carbocycles. The van der Waals surface area contributed by atoms with Crippen molar-refractivity contribution in [3.8, 4) is 0 Å². The Balaban J connectivity index is 2.15. The van der Waals surface area contributed by atoms with Crippen molar-refractivity contribution in [3.05, 3.63) is 29.8 Å². The second-order valence-corrected chi connectivity index (χ2v) is 6.04. The van der Waals surface area contributed by atoms with E-state index >= 15 is 0 Å². The van der Waals surface area contributed by atoms with Gasteiger partial charge in [0.1, 0.15) is 0 Å². The van der Waals surface area contributed by atoms with E-state index in [9.17, 15) is 4.79 Å². The van der Waals surface area contributed by atoms with Gasteiger partial charge in [-0.25, -0.2) is 0 Å². The highest BCUT2D eigenvalue weighted by atomic mass is 16.1. The van der Waals surface area contributed by atoms with E-state index in [4.69, 9.17) is 5.84 Å². The summed E-state index contributed by atoms with van der Waals surface area (Å²) >= 11 is 0. The van der Waals surface area contributed by atoms with Crippen LogP contribution in [0.2, 0.25) is 0 Å². The smallest absolute Gasteiger partial charge is 0.253 e. The number of hydrazine groups is 1. The topological polar surface area (TPSA) is 67.2 Å². The molecule has 1 fully saturated rings. The number of amides is 1. The first kappa shape index (κ1) is 12.9. The number of anilines is 1. The van der Waals surface area contributed by atoms with Crippen molar-refractivity contribution >= 4 is 11.6 Å². The van der Waals surface area contributed by atoms with Crippen LogP contribution < -0.4 is 16.6 Å². The Morgan fingerprint density at radius 1 is 1.17 bits per heavy atom. The average molecular weight is 247 g/mol. The van der Waals surface area contributed by atoms with Crippen molar-refractivity contribution in [1.29, 1.82) is 0 Å². The molecule has 98 valence electrons. The SMILES string of the molecule is CC1(C)C(NC(=O)c2ccccc2NN)C1(C)C. The Kier molecular flexibility index (Phi) is 2.86. The summed E-state index contributed by atoms with van der Waals surface area (Å²) in [5.41, 5.74) is 4.04. The molecule has 0 bridgehead atoms. The van der Waals surface area contributed by atoms with Crippen molar-refractivity contribution in [3.63, 3.8) is 0 Å². The highest BCUT2D eigenvalue weighted by Crippen LogP contribution is 2.62. The number of nitrogen functional groups attached to an aromatic ring is 1. The van der Waals surface area contributed by atoms with Gasteiger partial charge < -0.3 is 10.7 Å². The highest BCUT2D eigenvalue weighted by Gasteiger charge is 2.65. The minimum Gasteiger partial charge on any atom is -0.348 e. The zero-order valence-corrected chi connectivity index (χ0v) is 11.4. The van der Waals surface area contributed by atoms with Crippen LogP contribution in [0.3, 0.4) is 0 Å². The molecule has 1 saturated carbocycles. The quantitative estimate of drug-likeness (QED) is 0.566. The van der Waals surface area contributed by atoms with E-state index < -0.39 is 0 Å². The highest BCUT2D eigenvalue weighted by molar-refractivity contribution is 6.00. The first-order valence-corrected chi connectivity index (χ1v) is 6.19. The van der Waals surface area contributed by atoms with Crippen LogP contribution in [0.1, 0.15) is 38.1 Å². The number of nitrogens with two attached hydrogens (primary N) is 1. The fraction of sp³-hybridized carbons (Fsp3) is 0.500. The molecule has 4 nitrogen and oxygen atoms in total. The molecule has 18 heavy (non-hydrogen) atoms. The fourth-order valence-electron chi connectivity index (χ4n) is 2.57. The van der Waals surface area contributed by atoms with E-state index in [1.165, 1.54) is 0 Å². The van der Waals surface area contributed by atoms with Crippen LogP contribution >= 0.6 is 0 Å². The molecule has 4 heteroatoms. The Hall–Kier alpha value is -1.55. The van der Waals surface area contributed by atoms with E-state index in [1.807, 2.05) is 12.1 Å². The zero-order valence-electron chi connectivity index (χ0n) is 11.4. The number of para-hydroxylation sites is 1. The average Bonchev–Trinajstić information content (AvgIpc) is 2.71. The summed E-state index contributed by atoms with van der Waals surface area (Å²) < 4.78 is 0. The molecule has 0 saturated heterocycles. The molecule has 1 aromatic rings. The van der Waals surface area contributed by atoms with Gasteiger partial charge in [0.15, 0.2) is 0 Å². The van der Waals surface area contributed by atoms with E-state index in [0.29, 0.717) is 11.3 Å². The second kappa shape index (κ2) is 3.99. The number of hydrogen-bond donors (Lipinski definition) is 3. The third-order valence-electron chi connectivity index (χ3n) is 4.62. The first-order valence-electron chi connectivity index (χ1n) is 6.19. The van der Waals surface area contributed by atoms with Gasteiger partial charge in [0.25, 0.3) is 5.91 Å². The molecule has 1 amide bonds. The van der Waals surface area contributed by atoms with E-state index in [-0.39, 0.29) is 22.8 Å². The summed E-state index contributed by atoms with van der Waals surface area (Å²) in [5, 5.41) is 3.09. The maximum atomic E-state index is 12.2. The summed E-state index contributed by atoms with van der Waals surface area (Å²) in [6, 6.07) is 7.43. The summed E-state index contributed by atoms with van der Waals surface area (Å²) in [6.45, 7) is 8.69. The van der Waals surface area contributed by atoms with Crippen LogP contribution in [-0.2, 0) is 0 Å². The van der Waals surface area contributed by atoms with Crippen molar-refractivity contribution in [2.75, 3.05) is 5.43 Å². The molecule has 0 aliphatic heterocycles. The third-order valence-corrected chi connectivity index (χ3v) is 4.62. The third kappa shape index (κ3) is 1.77. The zero-order chi connectivity index (χ0) is 13.6. The lowest BCUT2D eigenvalue weighted by Gasteiger charge is -2.10. The Bertz CT molecular complexity index is 466. The van der Waals surface area contributed by atoms with Crippen molar-refractivity contribution in [2.24, 2.45) is 16.7 Å². The van der Waals surface area contributed by atoms with Crippen LogP contribution in [0.5, 0.6) is 0 Å². The molecule has 0 aromatic heterocycles. The first-order chi connectivity index (χ1) is 8.32. The Labute approximate surface area is 108 Å². The number of carbonyl (C=O) groups excluding carboxylic acids is 1. The van der Waals surface area contributed by atoms with Gasteiger partial charge in [-0.3, -0.25) is 10.6 Å². The molecule has 1 aliphatic rings. The number of benzene rings is 1. The van der Waals surface area contributed by atoms with Crippen LogP contribution in [0, 0.1) is 10.8 Å². The van der Waals surface area contributed by atoms with Crippen LogP contribution in [0.25, 0.3) is 0 Å². The summed E-state index contributed by atoms with van der Waals surface area (Å²) in [6.07, 6.45) is 0. The summed E-state index contributed by atoms with van der Waals surface area (Å²) in [7, 11) is 0. The van der Waals surface area contributed by atoms with Gasteiger partial charge in [-0.05, 0) is 23.0 Å². The lowest BCUT2D eigenvalue weighted by atomic mass is 10.0. The minimum absolute atomic E-state index is 0.0767. The molecule has 0 atom stereocenters. The molecule has 1 aliphatic carbocycles. The van der Waals surface area contributed by atoms with Crippen LogP contribution in [-0.4, -0.2) is 11.9 Å². The van der Waals surface area contributed by atoms with Crippen molar-refractivity contribution in [1.82, 2.24) is 5.32 Å². The second-order valence-electron chi connectivity index (χ2n) is 6.04. The summed E-state index contributed by atoms with van der Waals surface area (Å²) in [4.78, 5) is 12.2. The van der Waals surface area contributed by atoms with E-state index in [1.54, 1.807) is 12.1 Å². The van der Waals surface area contributed by atoms with Crippen LogP contribution in [0.4, 0.5) is 5.69 Å². The Morgan fingerprint density at radius 2 is 1.72 bits per heavy atom. The molecule has 0 heterocycles. The predicted octanol–water partition coefficient (Wildman–Crippen LogP) is 2.14. The number of carbonyl (C=O) groups is 1. The molecule has 0 spiro atoms. The molecular weight excluding hydrogens is 226 g/mol. The molecule has 0 radical (unpaired) electrons. The predicted molar refractivity (Wildman–Crippen MR) is 73.1 cm³/mol. The van der Waals surface area contributed by atoms with Gasteiger partial charge in [-0.2, -0.15) is 0 Å². The molecule has 0 unspecified atom stereocenters. The molecular formula is C14H21N3O. The lowest BCUT2D eigenvalue weighted by Crippen LogP contribution is -2.30. The van der Waals surface area contributed by atoms with Gasteiger partial charge in [0, 0.05) is 6.04 Å². The van der Waals surface area contributed by atoms with Gasteiger partial charge in [-0.1, -0.05) is 39.8 Å². The maximum absolute atomic E-state index is 12.2. The van der Waals surface area contributed by atoms with E-state index in [2.05, 4.69) is 38.4 Å². The Morgan fingerprint density at radius 3 is 2.22 bits per heavy atom. The van der Waals surface area contributed by atoms with Gasteiger partial charge in [0.2, 0.25) is 0 Å². The number of nitrogens with one attached hydrogen (secondary N) is 2. The summed E-state index contributed by atoms with van der Waals surface area (Å²) in [5.74, 6) is 5.33. The van der Waals surface area contributed by atoms with Crippen LogP contribution in [0.15, 0.2) is 24.3 Å². The monoisotopic (exact) mass is 247 g/mol. The standard InChI is InChI=1S/C14H21N3O/c1-13(2)12(14(13,3)4)16-11(18)9-7-5-6-8-10(9)17-15/h5-8,12,17H,15H2,1-4H3,(H,16,18). The minimum atomic E-state index is -0.0767. The maximum Gasteiger partial charge on any atom is 0.253 e. The van der Waals surface area contributed by atoms with Crippen molar-refractivity contribution in [2.45, 2.75) is 33.7 Å².